The Morgan fingerprint density at radius 3 is 1.48 bits per heavy atom. The Labute approximate surface area is 366 Å². The zero-order valence-corrected chi connectivity index (χ0v) is 35.1. The molecule has 0 aliphatic heterocycles. The van der Waals surface area contributed by atoms with Gasteiger partial charge in [-0.15, -0.1) is 11.3 Å². The van der Waals surface area contributed by atoms with Crippen LogP contribution in [0.4, 0.5) is 34.1 Å². The van der Waals surface area contributed by atoms with E-state index in [0.29, 0.717) is 0 Å². The Morgan fingerprint density at radius 2 is 0.839 bits per heavy atom. The molecule has 0 spiro atoms. The summed E-state index contributed by atoms with van der Waals surface area (Å²) in [5.41, 5.74) is 15.0. The van der Waals surface area contributed by atoms with E-state index in [-0.39, 0.29) is 0 Å². The molecule has 0 radical (unpaired) electrons. The topological polar surface area (TPSA) is 6.48 Å². The molecule has 2 nitrogen and oxygen atoms in total. The monoisotopic (exact) mass is 810 g/mol. The molecular formula is C59H42N2S. The van der Waals surface area contributed by atoms with Gasteiger partial charge >= 0.3 is 0 Å². The Bertz CT molecular complexity index is 3250. The number of fused-ring (bicyclic) bond motifs is 4. The van der Waals surface area contributed by atoms with E-state index in [9.17, 15) is 0 Å². The van der Waals surface area contributed by atoms with Crippen molar-refractivity contribution in [3.63, 3.8) is 0 Å². The van der Waals surface area contributed by atoms with Gasteiger partial charge in [0.2, 0.25) is 0 Å². The van der Waals surface area contributed by atoms with Crippen LogP contribution in [0.25, 0.3) is 64.3 Å². The molecule has 0 fully saturated rings. The van der Waals surface area contributed by atoms with Gasteiger partial charge < -0.3 is 9.80 Å². The molecule has 10 aromatic carbocycles. The first-order valence-electron chi connectivity index (χ1n) is 21.2. The lowest BCUT2D eigenvalue weighted by Crippen LogP contribution is -2.14. The van der Waals surface area contributed by atoms with E-state index >= 15 is 0 Å². The maximum atomic E-state index is 2.46. The van der Waals surface area contributed by atoms with Crippen molar-refractivity contribution in [3.8, 4) is 33.4 Å². The smallest absolute Gasteiger partial charge is 0.0546 e. The summed E-state index contributed by atoms with van der Waals surface area (Å²) >= 11 is 1.87. The van der Waals surface area contributed by atoms with Gasteiger partial charge in [-0.2, -0.15) is 0 Å². The zero-order chi connectivity index (χ0) is 41.4. The molecule has 0 saturated carbocycles. The second-order valence-electron chi connectivity index (χ2n) is 15.8. The summed E-state index contributed by atoms with van der Waals surface area (Å²) in [5, 5.41) is 5.07. The summed E-state index contributed by atoms with van der Waals surface area (Å²) in [6.07, 6.45) is 0. The van der Waals surface area contributed by atoms with Crippen LogP contribution in [-0.4, -0.2) is 0 Å². The minimum absolute atomic E-state index is 1.06. The fourth-order valence-electron chi connectivity index (χ4n) is 9.00. The predicted octanol–water partition coefficient (Wildman–Crippen LogP) is 17.5. The summed E-state index contributed by atoms with van der Waals surface area (Å²) in [5.74, 6) is 0. The highest BCUT2D eigenvalue weighted by atomic mass is 32.1. The van der Waals surface area contributed by atoms with Crippen LogP contribution in [0, 0.1) is 6.92 Å². The molecule has 62 heavy (non-hydrogen) atoms. The molecule has 0 unspecified atom stereocenters. The molecule has 0 aliphatic carbocycles. The second kappa shape index (κ2) is 16.0. The molecule has 11 aromatic rings. The van der Waals surface area contributed by atoms with Crippen molar-refractivity contribution in [1.29, 1.82) is 0 Å². The van der Waals surface area contributed by atoms with Crippen LogP contribution in [0.1, 0.15) is 5.56 Å². The Balaban J connectivity index is 1.12. The molecule has 0 aliphatic rings. The average Bonchev–Trinajstić information content (AvgIpc) is 3.72. The van der Waals surface area contributed by atoms with Crippen molar-refractivity contribution in [2.45, 2.75) is 6.92 Å². The summed E-state index contributed by atoms with van der Waals surface area (Å²) in [6.45, 7) is 2.22. The van der Waals surface area contributed by atoms with Crippen molar-refractivity contribution in [2.24, 2.45) is 0 Å². The van der Waals surface area contributed by atoms with Crippen LogP contribution in [-0.2, 0) is 0 Å². The summed E-state index contributed by atoms with van der Waals surface area (Å²) in [6, 6.07) is 85.9. The van der Waals surface area contributed by atoms with E-state index in [1.807, 2.05) is 11.3 Å². The highest BCUT2D eigenvalue weighted by Gasteiger charge is 2.22. The molecule has 0 bridgehead atoms. The van der Waals surface area contributed by atoms with E-state index in [0.717, 1.165) is 34.1 Å². The Kier molecular flexibility index (Phi) is 9.65. The largest absolute Gasteiger partial charge is 0.310 e. The van der Waals surface area contributed by atoms with Gasteiger partial charge in [0.15, 0.2) is 0 Å². The van der Waals surface area contributed by atoms with E-state index in [4.69, 9.17) is 0 Å². The maximum Gasteiger partial charge on any atom is 0.0546 e. The minimum atomic E-state index is 1.06. The quantitative estimate of drug-likeness (QED) is 0.143. The fourth-order valence-corrected chi connectivity index (χ4v) is 10.2. The SMILES string of the molecule is Cc1cccc2sc3cc(N(c4cccc(N(c5ccc(-c6ccccc6)cc5)c5ccc(-c6ccccc6)cc5)c4)c4ccc5ccccc5c4-c4ccccc4)ccc3c12. The number of rotatable bonds is 9. The molecular weight excluding hydrogens is 769 g/mol. The Morgan fingerprint density at radius 1 is 0.323 bits per heavy atom. The minimum Gasteiger partial charge on any atom is -0.310 e. The van der Waals surface area contributed by atoms with Crippen LogP contribution >= 0.6 is 11.3 Å². The van der Waals surface area contributed by atoms with Gasteiger partial charge in [-0.05, 0) is 118 Å². The lowest BCUT2D eigenvalue weighted by atomic mass is 9.95. The summed E-state index contributed by atoms with van der Waals surface area (Å²) < 4.78 is 2.59. The van der Waals surface area contributed by atoms with E-state index in [1.54, 1.807) is 0 Å². The highest BCUT2D eigenvalue weighted by Crippen LogP contribution is 2.48. The highest BCUT2D eigenvalue weighted by molar-refractivity contribution is 7.25. The zero-order valence-electron chi connectivity index (χ0n) is 34.3. The van der Waals surface area contributed by atoms with Gasteiger partial charge in [0.05, 0.1) is 5.69 Å². The number of benzene rings is 10. The molecule has 11 rings (SSSR count). The van der Waals surface area contributed by atoms with E-state index in [1.165, 1.54) is 69.9 Å². The van der Waals surface area contributed by atoms with Gasteiger partial charge in [0, 0.05) is 54.2 Å². The molecule has 0 N–H and O–H groups in total. The van der Waals surface area contributed by atoms with Crippen LogP contribution in [0.2, 0.25) is 0 Å². The second-order valence-corrected chi connectivity index (χ2v) is 16.9. The van der Waals surface area contributed by atoms with Crippen molar-refractivity contribution in [2.75, 3.05) is 9.80 Å². The number of thiophene rings is 1. The molecule has 1 aromatic heterocycles. The third-order valence-corrected chi connectivity index (χ3v) is 13.1. The van der Waals surface area contributed by atoms with Crippen LogP contribution in [0.5, 0.6) is 0 Å². The molecule has 294 valence electrons. The summed E-state index contributed by atoms with van der Waals surface area (Å²) in [4.78, 5) is 4.84. The van der Waals surface area contributed by atoms with E-state index < -0.39 is 0 Å². The standard InChI is InChI=1S/C59H42N2S/c1-41-15-13-26-56-58(41)54-37-36-52(40-57(54)62-56)61(55-38-31-46-20-11-12-25-53(46)59(55)47-21-9-4-10-22-47)51-24-14-23-50(39-51)60(48-32-27-44(28-33-48)42-16-5-2-6-17-42)49-34-29-45(30-35-49)43-18-7-3-8-19-43/h2-40H,1H3. The first-order chi connectivity index (χ1) is 30.7. The van der Waals surface area contributed by atoms with Gasteiger partial charge in [0.25, 0.3) is 0 Å². The van der Waals surface area contributed by atoms with Crippen molar-refractivity contribution < 1.29 is 0 Å². The van der Waals surface area contributed by atoms with Gasteiger partial charge in [-0.1, -0.05) is 170 Å². The van der Waals surface area contributed by atoms with Crippen molar-refractivity contribution in [1.82, 2.24) is 0 Å². The maximum absolute atomic E-state index is 2.46. The average molecular weight is 811 g/mol. The van der Waals surface area contributed by atoms with Gasteiger partial charge in [-0.3, -0.25) is 0 Å². The summed E-state index contributed by atoms with van der Waals surface area (Å²) in [7, 11) is 0. The van der Waals surface area contributed by atoms with E-state index in [2.05, 4.69) is 253 Å². The fraction of sp³-hybridized carbons (Fsp3) is 0.0169. The lowest BCUT2D eigenvalue weighted by Gasteiger charge is -2.31. The molecule has 0 amide bonds. The van der Waals surface area contributed by atoms with Crippen molar-refractivity contribution in [3.05, 3.63) is 242 Å². The number of hydrogen-bond donors (Lipinski definition) is 0. The van der Waals surface area contributed by atoms with Crippen LogP contribution in [0.3, 0.4) is 0 Å². The molecule has 1 heterocycles. The number of aryl methyl sites for hydroxylation is 1. The normalized spacial score (nSPS) is 11.3. The van der Waals surface area contributed by atoms with Crippen LogP contribution < -0.4 is 9.80 Å². The first kappa shape index (κ1) is 37.3. The Hall–Kier alpha value is -7.72. The number of nitrogens with zero attached hydrogens (tertiary/aromatic N) is 2. The van der Waals surface area contributed by atoms with Gasteiger partial charge in [0.1, 0.15) is 0 Å². The number of hydrogen-bond acceptors (Lipinski definition) is 3. The third kappa shape index (κ3) is 6.89. The molecule has 3 heteroatoms. The lowest BCUT2D eigenvalue weighted by molar-refractivity contribution is 1.25. The number of anilines is 6. The van der Waals surface area contributed by atoms with Crippen molar-refractivity contribution >= 4 is 76.4 Å². The molecule has 0 atom stereocenters. The third-order valence-electron chi connectivity index (χ3n) is 12.0. The molecule has 0 saturated heterocycles. The van der Waals surface area contributed by atoms with Gasteiger partial charge in [-0.25, -0.2) is 0 Å². The predicted molar refractivity (Wildman–Crippen MR) is 267 cm³/mol. The van der Waals surface area contributed by atoms with Crippen LogP contribution in [0.15, 0.2) is 237 Å². The first-order valence-corrected chi connectivity index (χ1v) is 22.0.